The molecule has 1 saturated heterocycles. The second-order valence-corrected chi connectivity index (χ2v) is 9.58. The quantitative estimate of drug-likeness (QED) is 0.800. The van der Waals surface area contributed by atoms with Crippen LogP contribution in [0.4, 0.5) is 4.79 Å². The van der Waals surface area contributed by atoms with E-state index >= 15 is 0 Å². The first-order chi connectivity index (χ1) is 12.5. The highest BCUT2D eigenvalue weighted by Gasteiger charge is 2.39. The highest BCUT2D eigenvalue weighted by molar-refractivity contribution is 7.21. The summed E-state index contributed by atoms with van der Waals surface area (Å²) < 4.78 is 18.0. The third-order valence-corrected chi connectivity index (χ3v) is 5.50. The Kier molecular flexibility index (Phi) is 4.97. The van der Waals surface area contributed by atoms with E-state index in [9.17, 15) is 10.1 Å². The van der Waals surface area contributed by atoms with Crippen LogP contribution in [-0.4, -0.2) is 26.4 Å². The van der Waals surface area contributed by atoms with E-state index in [2.05, 4.69) is 40.7 Å². The molecule has 0 unspecified atom stereocenters. The number of benzene rings is 1. The van der Waals surface area contributed by atoms with Gasteiger partial charge < -0.3 is 19.8 Å². The van der Waals surface area contributed by atoms with Gasteiger partial charge in [0.25, 0.3) is 0 Å². The lowest BCUT2D eigenvalue weighted by Crippen LogP contribution is -2.50. The van der Waals surface area contributed by atoms with Crippen molar-refractivity contribution in [3.63, 3.8) is 0 Å². The summed E-state index contributed by atoms with van der Waals surface area (Å²) in [6.45, 7) is 11.6. The Balaban J connectivity index is 2.25. The minimum Gasteiger partial charge on any atom is -0.407 e. The maximum Gasteiger partial charge on any atom is 0.494 e. The van der Waals surface area contributed by atoms with E-state index in [4.69, 9.17) is 19.8 Å². The number of ether oxygens (including phenoxy) is 1. The van der Waals surface area contributed by atoms with Crippen molar-refractivity contribution in [2.24, 2.45) is 11.1 Å². The van der Waals surface area contributed by atoms with Crippen LogP contribution in [0.3, 0.4) is 0 Å². The Morgan fingerprint density at radius 2 is 1.96 bits per heavy atom. The molecular weight excluding hydrogens is 363 g/mol. The number of fused-ring (bicyclic) bond motifs is 1. The van der Waals surface area contributed by atoms with Crippen molar-refractivity contribution in [2.45, 2.75) is 40.0 Å². The summed E-state index contributed by atoms with van der Waals surface area (Å²) in [7, 11) is -0.584. The molecule has 0 bridgehead atoms. The van der Waals surface area contributed by atoms with Gasteiger partial charge in [-0.1, -0.05) is 52.0 Å². The minimum absolute atomic E-state index is 0.0702. The molecule has 2 aromatic rings. The summed E-state index contributed by atoms with van der Waals surface area (Å²) in [5, 5.41) is 10.7. The van der Waals surface area contributed by atoms with Crippen LogP contribution in [0.15, 0.2) is 12.1 Å². The monoisotopic (exact) mass is 386 g/mol. The molecule has 0 atom stereocenters. The molecule has 2 N–H and O–H groups in total. The predicted molar refractivity (Wildman–Crippen MR) is 107 cm³/mol. The number of amides is 1. The van der Waals surface area contributed by atoms with Crippen LogP contribution in [0.5, 0.6) is 5.06 Å². The summed E-state index contributed by atoms with van der Waals surface area (Å²) in [5.41, 5.74) is 7.04. The lowest BCUT2D eigenvalue weighted by Gasteiger charge is -2.35. The molecule has 0 aliphatic carbocycles. The molecule has 1 amide bonds. The van der Waals surface area contributed by atoms with Crippen molar-refractivity contribution < 1.29 is 18.8 Å². The van der Waals surface area contributed by atoms with Gasteiger partial charge in [-0.05, 0) is 22.5 Å². The van der Waals surface area contributed by atoms with E-state index in [1.807, 2.05) is 12.1 Å². The molecule has 1 aliphatic heterocycles. The number of rotatable bonds is 2. The van der Waals surface area contributed by atoms with Gasteiger partial charge in [0.2, 0.25) is 5.06 Å². The molecule has 0 radical (unpaired) electrons. The van der Waals surface area contributed by atoms with Gasteiger partial charge in [-0.3, -0.25) is 0 Å². The first-order valence-corrected chi connectivity index (χ1v) is 9.55. The molecule has 6 nitrogen and oxygen atoms in total. The highest BCUT2D eigenvalue weighted by atomic mass is 32.1. The van der Waals surface area contributed by atoms with Crippen molar-refractivity contribution in [2.75, 3.05) is 13.2 Å². The van der Waals surface area contributed by atoms with E-state index in [0.717, 1.165) is 15.7 Å². The topological polar surface area (TPSA) is 94.6 Å². The molecule has 27 heavy (non-hydrogen) atoms. The van der Waals surface area contributed by atoms with Crippen LogP contribution in [0.1, 0.15) is 45.7 Å². The van der Waals surface area contributed by atoms with Crippen molar-refractivity contribution in [3.05, 3.63) is 23.3 Å². The standard InChI is InChI=1S/C19H23BN2O4S/c1-18(2,3)12-6-7-13-14(11(8-21)16(27-13)26-17(22)23)15(12)20-24-9-19(4,5)10-25-20/h6-7H,9-10H2,1-5H3,(H2,22,23). The Bertz CT molecular complexity index is 930. The van der Waals surface area contributed by atoms with Gasteiger partial charge in [-0.15, -0.1) is 0 Å². The minimum atomic E-state index is -0.942. The van der Waals surface area contributed by atoms with Gasteiger partial charge in [-0.25, -0.2) is 4.79 Å². The van der Waals surface area contributed by atoms with Crippen molar-refractivity contribution >= 4 is 40.1 Å². The number of primary amides is 1. The Morgan fingerprint density at radius 1 is 1.33 bits per heavy atom. The Hall–Kier alpha value is -2.08. The summed E-state index contributed by atoms with van der Waals surface area (Å²) in [6.07, 6.45) is -0.942. The summed E-state index contributed by atoms with van der Waals surface area (Å²) >= 11 is 1.22. The van der Waals surface area contributed by atoms with E-state index in [-0.39, 0.29) is 21.5 Å². The Morgan fingerprint density at radius 3 is 2.48 bits per heavy atom. The molecule has 1 aromatic carbocycles. The number of carbonyl (C=O) groups excluding carboxylic acids is 1. The molecule has 8 heteroatoms. The number of nitrogens with zero attached hydrogens (tertiary/aromatic N) is 1. The van der Waals surface area contributed by atoms with Gasteiger partial charge in [0.1, 0.15) is 11.6 Å². The molecule has 142 valence electrons. The van der Waals surface area contributed by atoms with Crippen LogP contribution >= 0.6 is 11.3 Å². The predicted octanol–water partition coefficient (Wildman–Crippen LogP) is 3.30. The first kappa shape index (κ1) is 19.7. The fourth-order valence-electron chi connectivity index (χ4n) is 3.22. The molecule has 1 aliphatic rings. The molecule has 2 heterocycles. The zero-order chi connectivity index (χ0) is 20.0. The second-order valence-electron chi connectivity index (χ2n) is 8.57. The average Bonchev–Trinajstić information content (AvgIpc) is 2.89. The highest BCUT2D eigenvalue weighted by Crippen LogP contribution is 2.39. The lowest BCUT2D eigenvalue weighted by molar-refractivity contribution is 0.0343. The Labute approximate surface area is 163 Å². The second kappa shape index (κ2) is 6.82. The van der Waals surface area contributed by atoms with Crippen LogP contribution in [0.2, 0.25) is 0 Å². The summed E-state index contributed by atoms with van der Waals surface area (Å²) in [6, 6.07) is 6.12. The van der Waals surface area contributed by atoms with Gasteiger partial charge in [0.05, 0.1) is 0 Å². The SMILES string of the molecule is CC1(C)COB(c2c(C(C)(C)C)ccc3sc(OC(N)=O)c(C#N)c23)OC1. The number of carbonyl (C=O) groups is 1. The maximum atomic E-state index is 11.2. The fraction of sp³-hybridized carbons (Fsp3) is 0.474. The third-order valence-electron chi connectivity index (χ3n) is 4.46. The number of nitriles is 1. The molecule has 1 aromatic heterocycles. The molecule has 3 rings (SSSR count). The third kappa shape index (κ3) is 3.81. The van der Waals surface area contributed by atoms with Gasteiger partial charge in [0, 0.05) is 28.7 Å². The van der Waals surface area contributed by atoms with E-state index in [1.165, 1.54) is 11.3 Å². The average molecular weight is 386 g/mol. The number of thiophene rings is 1. The molecule has 1 fully saturated rings. The summed E-state index contributed by atoms with van der Waals surface area (Å²) in [4.78, 5) is 11.2. The summed E-state index contributed by atoms with van der Waals surface area (Å²) in [5.74, 6) is 0. The van der Waals surface area contributed by atoms with Crippen LogP contribution < -0.4 is 15.9 Å². The van der Waals surface area contributed by atoms with E-state index < -0.39 is 13.2 Å². The molecule has 0 saturated carbocycles. The van der Waals surface area contributed by atoms with Crippen LogP contribution in [0.25, 0.3) is 10.1 Å². The van der Waals surface area contributed by atoms with Gasteiger partial charge in [0.15, 0.2) is 0 Å². The van der Waals surface area contributed by atoms with E-state index in [0.29, 0.717) is 18.6 Å². The number of hydrogen-bond acceptors (Lipinski definition) is 6. The normalized spacial score (nSPS) is 17.0. The largest absolute Gasteiger partial charge is 0.494 e. The molecular formula is C19H23BN2O4S. The van der Waals surface area contributed by atoms with Crippen LogP contribution in [0, 0.1) is 16.7 Å². The first-order valence-electron chi connectivity index (χ1n) is 8.74. The van der Waals surface area contributed by atoms with Crippen LogP contribution in [-0.2, 0) is 14.7 Å². The smallest absolute Gasteiger partial charge is 0.407 e. The van der Waals surface area contributed by atoms with E-state index in [1.54, 1.807) is 0 Å². The van der Waals surface area contributed by atoms with Crippen molar-refractivity contribution in [1.82, 2.24) is 0 Å². The van der Waals surface area contributed by atoms with Crippen molar-refractivity contribution in [1.29, 1.82) is 5.26 Å². The van der Waals surface area contributed by atoms with Gasteiger partial charge >= 0.3 is 13.2 Å². The number of nitrogens with two attached hydrogens (primary N) is 1. The van der Waals surface area contributed by atoms with Crippen molar-refractivity contribution in [3.8, 4) is 11.1 Å². The maximum absolute atomic E-state index is 11.2. The fourth-order valence-corrected chi connectivity index (χ4v) is 4.24. The lowest BCUT2D eigenvalue weighted by atomic mass is 9.66. The zero-order valence-electron chi connectivity index (χ0n) is 16.2. The number of hydrogen-bond donors (Lipinski definition) is 1. The van der Waals surface area contributed by atoms with Gasteiger partial charge in [-0.2, -0.15) is 5.26 Å². The molecule has 0 spiro atoms. The zero-order valence-corrected chi connectivity index (χ0v) is 17.0.